The summed E-state index contributed by atoms with van der Waals surface area (Å²) >= 11 is 0. The quantitative estimate of drug-likeness (QED) is 0.0370. The highest BCUT2D eigenvalue weighted by molar-refractivity contribution is 6.02. The van der Waals surface area contributed by atoms with Crippen LogP contribution in [0.4, 0.5) is 52.0 Å². The summed E-state index contributed by atoms with van der Waals surface area (Å²) in [6, 6.07) is 31.4. The van der Waals surface area contributed by atoms with Crippen LogP contribution in [0.3, 0.4) is 0 Å². The molecule has 3 aliphatic carbocycles. The first-order valence-corrected chi connectivity index (χ1v) is 31.4. The topological polar surface area (TPSA) is 370 Å². The fraction of sp³-hybridized carbons (Fsp3) is 0.239. The van der Waals surface area contributed by atoms with Crippen molar-refractivity contribution in [1.82, 2.24) is 83.1 Å². The third kappa shape index (κ3) is 14.0. The minimum absolute atomic E-state index is 0.0167. The minimum atomic E-state index is -0.283. The number of ether oxygens (including phenoxy) is 3. The van der Waals surface area contributed by atoms with Gasteiger partial charge < -0.3 is 56.7 Å². The Morgan fingerprint density at radius 2 is 0.808 bits per heavy atom. The van der Waals surface area contributed by atoms with E-state index in [1.54, 1.807) is 175 Å². The number of aromatic nitrogens is 15. The van der Waals surface area contributed by atoms with E-state index in [4.69, 9.17) is 14.2 Å². The summed E-state index contributed by atoms with van der Waals surface area (Å²) in [5.41, 5.74) is 2.36. The third-order valence-electron chi connectivity index (χ3n) is 16.6. The second-order valence-electron chi connectivity index (χ2n) is 23.0. The standard InChI is InChI=1S/C23H23N7O3.2C22H22N8O3/c1-24-21-12-19(27-16-6-5-9-29(23(16)32)20-7-3-4-8-25-20)28-22-15(13-26-30(21)22)17(31)10-14-11-18(14)33-2;2*1-23-19-11-17(26-14-6-5-9-29(22(14)32)18-7-3-4-8-24-18)28-20-13(12-25-30(19)20)21(31)27-15-10-16(15)33-2/h3-9,12-14,18,24H,10-11H2,1-2H3,(H,27,28);2*3-9,11-12,15-16,23H,10H2,1-2H3,(H,26,28)(H,27,31)/t14?,18-;2*15-,16-/m010/s1. The van der Waals surface area contributed by atoms with Gasteiger partial charge in [0.2, 0.25) is 0 Å². The Bertz CT molecular complexity index is 4650. The van der Waals surface area contributed by atoms with Gasteiger partial charge in [-0.15, -0.1) is 0 Å². The number of fused-ring (bicyclic) bond motifs is 3. The van der Waals surface area contributed by atoms with E-state index in [0.29, 0.717) is 109 Å². The number of carbonyl (C=O) groups is 3. The summed E-state index contributed by atoms with van der Waals surface area (Å²) in [5, 5.41) is 37.2. The molecule has 32 nitrogen and oxygen atoms in total. The number of ketones is 1. The number of hydrogen-bond acceptors (Lipinski definition) is 24. The molecule has 0 aromatic carbocycles. The number of Topliss-reactive ketones (excluding diaryl/α,β-unsaturated/α-hetero) is 1. The number of nitrogens with zero attached hydrogens (tertiary/aromatic N) is 15. The third-order valence-corrected chi connectivity index (χ3v) is 16.6. The molecule has 0 bridgehead atoms. The summed E-state index contributed by atoms with van der Waals surface area (Å²) in [6.07, 6.45) is 17.4. The van der Waals surface area contributed by atoms with Gasteiger partial charge in [-0.1, -0.05) is 18.2 Å². The van der Waals surface area contributed by atoms with Crippen LogP contribution in [0.25, 0.3) is 34.4 Å². The lowest BCUT2D eigenvalue weighted by Crippen LogP contribution is -2.28. The van der Waals surface area contributed by atoms with Crippen LogP contribution >= 0.6 is 0 Å². The van der Waals surface area contributed by atoms with E-state index >= 15 is 0 Å². The second kappa shape index (κ2) is 28.4. The van der Waals surface area contributed by atoms with Crippen molar-refractivity contribution in [2.75, 3.05) is 74.4 Å². The summed E-state index contributed by atoms with van der Waals surface area (Å²) < 4.78 is 24.8. The average Bonchev–Trinajstić information content (AvgIpc) is 1.58. The molecule has 3 fully saturated rings. The monoisotopic (exact) mass is 1340 g/mol. The number of pyridine rings is 6. The minimum Gasteiger partial charge on any atom is -0.381 e. The first kappa shape index (κ1) is 65.1. The second-order valence-corrected chi connectivity index (χ2v) is 23.0. The normalized spacial score (nSPS) is 17.1. The van der Waals surface area contributed by atoms with Crippen molar-refractivity contribution in [2.45, 2.75) is 56.1 Å². The number of amides is 2. The zero-order chi connectivity index (χ0) is 68.8. The lowest BCUT2D eigenvalue weighted by atomic mass is 10.1. The van der Waals surface area contributed by atoms with Crippen LogP contribution in [-0.4, -0.2) is 163 Å². The first-order chi connectivity index (χ1) is 48.3. The molecule has 1 unspecified atom stereocenters. The van der Waals surface area contributed by atoms with Gasteiger partial charge in [-0.2, -0.15) is 28.8 Å². The van der Waals surface area contributed by atoms with Gasteiger partial charge >= 0.3 is 0 Å². The molecule has 99 heavy (non-hydrogen) atoms. The zero-order valence-electron chi connectivity index (χ0n) is 54.3. The average molecular weight is 1340 g/mol. The molecule has 504 valence electrons. The molecule has 0 spiro atoms. The molecular formula is C67H67N23O9. The van der Waals surface area contributed by atoms with Gasteiger partial charge in [0.1, 0.15) is 80.5 Å². The molecule has 2 amide bonds. The Kier molecular flexibility index (Phi) is 18.7. The fourth-order valence-corrected chi connectivity index (χ4v) is 11.1. The maximum absolute atomic E-state index is 13.0. The molecule has 0 aliphatic heterocycles. The van der Waals surface area contributed by atoms with E-state index < -0.39 is 0 Å². The molecule has 6 atom stereocenters. The Morgan fingerprint density at radius 1 is 0.455 bits per heavy atom. The van der Waals surface area contributed by atoms with Crippen molar-refractivity contribution < 1.29 is 28.6 Å². The van der Waals surface area contributed by atoms with E-state index in [2.05, 4.69) is 87.7 Å². The van der Waals surface area contributed by atoms with Crippen LogP contribution in [0.5, 0.6) is 0 Å². The van der Waals surface area contributed by atoms with Crippen molar-refractivity contribution >= 4 is 86.5 Å². The van der Waals surface area contributed by atoms with E-state index in [0.717, 1.165) is 19.3 Å². The van der Waals surface area contributed by atoms with E-state index in [1.807, 2.05) is 18.2 Å². The van der Waals surface area contributed by atoms with Crippen molar-refractivity contribution in [2.24, 2.45) is 5.92 Å². The van der Waals surface area contributed by atoms with Crippen LogP contribution < -0.4 is 59.2 Å². The molecule has 12 heterocycles. The molecular weight excluding hydrogens is 1270 g/mol. The maximum Gasteiger partial charge on any atom is 0.279 e. The SMILES string of the molecule is CNc1cc(Nc2cccn(-c3ccccn3)c2=O)nc2c(C(=O)CC3C[C@@H]3OC)cnn12.CNc1cc(Nc2cccn(-c3ccccn3)c2=O)nc2c(C(=O)N[C@@H]3C[C@H]3OC)cnn12.CNc1cc(Nc2cccn(-c3ccccn3)c2=O)nc2c(C(=O)N[C@H]3C[C@@H]3OC)cnn12. The summed E-state index contributed by atoms with van der Waals surface area (Å²) in [4.78, 5) is 104. The highest BCUT2D eigenvalue weighted by atomic mass is 16.5. The fourth-order valence-electron chi connectivity index (χ4n) is 11.1. The van der Waals surface area contributed by atoms with Gasteiger partial charge in [-0.05, 0) is 98.0 Å². The predicted molar refractivity (Wildman–Crippen MR) is 368 cm³/mol. The number of methoxy groups -OCH3 is 3. The van der Waals surface area contributed by atoms with Crippen molar-refractivity contribution in [3.63, 3.8) is 0 Å². The lowest BCUT2D eigenvalue weighted by Gasteiger charge is -2.11. The Balaban J connectivity index is 0.000000133. The van der Waals surface area contributed by atoms with Crippen molar-refractivity contribution in [3.05, 3.63) is 213 Å². The van der Waals surface area contributed by atoms with Gasteiger partial charge in [0.25, 0.3) is 28.5 Å². The molecule has 0 saturated heterocycles. The number of hydrogen-bond donors (Lipinski definition) is 8. The molecule has 15 rings (SSSR count). The summed E-state index contributed by atoms with van der Waals surface area (Å²) in [6.45, 7) is 0. The zero-order valence-corrected chi connectivity index (χ0v) is 54.3. The lowest BCUT2D eigenvalue weighted by molar-refractivity contribution is 0.0929. The molecule has 3 aliphatic rings. The smallest absolute Gasteiger partial charge is 0.279 e. The molecule has 12 aromatic rings. The predicted octanol–water partition coefficient (Wildman–Crippen LogP) is 5.82. The Morgan fingerprint density at radius 3 is 1.12 bits per heavy atom. The molecule has 12 aromatic heterocycles. The van der Waals surface area contributed by atoms with Crippen LogP contribution in [0.1, 0.15) is 56.8 Å². The number of carbonyl (C=O) groups excluding carboxylic acids is 3. The molecule has 0 radical (unpaired) electrons. The number of rotatable bonds is 22. The van der Waals surface area contributed by atoms with Gasteiger partial charge in [-0.25, -0.2) is 29.9 Å². The molecule has 3 saturated carbocycles. The van der Waals surface area contributed by atoms with Gasteiger partial charge in [-0.3, -0.25) is 42.5 Å². The van der Waals surface area contributed by atoms with Crippen LogP contribution in [0.2, 0.25) is 0 Å². The largest absolute Gasteiger partial charge is 0.381 e. The van der Waals surface area contributed by atoms with Gasteiger partial charge in [0, 0.05) is 104 Å². The Hall–Kier alpha value is -12.6. The molecule has 8 N–H and O–H groups in total. The summed E-state index contributed by atoms with van der Waals surface area (Å²) in [5.74, 6) is 4.20. The van der Waals surface area contributed by atoms with E-state index in [-0.39, 0.29) is 70.6 Å². The van der Waals surface area contributed by atoms with Crippen LogP contribution in [0, 0.1) is 5.92 Å². The van der Waals surface area contributed by atoms with Crippen molar-refractivity contribution in [3.8, 4) is 17.5 Å². The maximum atomic E-state index is 13.0. The molecule has 32 heteroatoms. The number of nitrogens with one attached hydrogen (secondary N) is 8. The highest BCUT2D eigenvalue weighted by Crippen LogP contribution is 2.38. The van der Waals surface area contributed by atoms with E-state index in [9.17, 15) is 28.8 Å². The van der Waals surface area contributed by atoms with Crippen molar-refractivity contribution in [1.29, 1.82) is 0 Å². The number of anilines is 9. The van der Waals surface area contributed by atoms with Crippen LogP contribution in [-0.2, 0) is 14.2 Å². The van der Waals surface area contributed by atoms with Gasteiger partial charge in [0.15, 0.2) is 22.7 Å². The van der Waals surface area contributed by atoms with E-state index in [1.165, 1.54) is 41.3 Å². The summed E-state index contributed by atoms with van der Waals surface area (Å²) in [7, 11) is 10.1. The van der Waals surface area contributed by atoms with Gasteiger partial charge in [0.05, 0.1) is 54.5 Å². The van der Waals surface area contributed by atoms with Crippen LogP contribution in [0.15, 0.2) is 179 Å². The first-order valence-electron chi connectivity index (χ1n) is 31.4. The highest BCUT2D eigenvalue weighted by Gasteiger charge is 2.41. The Labute approximate surface area is 562 Å².